The average Bonchev–Trinajstić information content (AvgIpc) is 3.65. The van der Waals surface area contributed by atoms with E-state index in [1.807, 2.05) is 60.3 Å². The lowest BCUT2D eigenvalue weighted by atomic mass is 9.87. The van der Waals surface area contributed by atoms with Crippen molar-refractivity contribution in [2.24, 2.45) is 13.0 Å². The molecule has 10 heteroatoms. The summed E-state index contributed by atoms with van der Waals surface area (Å²) in [5, 5.41) is 0.655. The largest absolute Gasteiger partial charge is 0.337 e. The third-order valence-corrected chi connectivity index (χ3v) is 9.93. The van der Waals surface area contributed by atoms with Crippen LogP contribution in [0.3, 0.4) is 0 Å². The molecule has 0 unspecified atom stereocenters. The molecule has 1 fully saturated rings. The highest BCUT2D eigenvalue weighted by Gasteiger charge is 2.47. The van der Waals surface area contributed by atoms with Crippen molar-refractivity contribution in [1.29, 1.82) is 0 Å². The molecule has 0 spiro atoms. The van der Waals surface area contributed by atoms with Crippen molar-refractivity contribution < 1.29 is 17.6 Å². The van der Waals surface area contributed by atoms with E-state index >= 15 is 0 Å². The molecule has 2 aliphatic carbocycles. The van der Waals surface area contributed by atoms with Gasteiger partial charge in [0.05, 0.1) is 6.54 Å². The van der Waals surface area contributed by atoms with Gasteiger partial charge in [-0.3, -0.25) is 4.79 Å². The minimum Gasteiger partial charge on any atom is -0.337 e. The van der Waals surface area contributed by atoms with Crippen molar-refractivity contribution in [1.82, 2.24) is 14.3 Å². The standard InChI is InChI=1S/C31H30ClFN4O3S/c1-36-16-15-34-30(36)19-37(31(38)25-18-24(25)22-8-2-3-9-26(22)32)21-14-13-20-7-6-11-28(23(20)17-21)35-41(39,40)29-12-5-4-10-27(29)33/h2-5,8-10,12-17,24-25,28,35H,6-7,11,18-19H2,1H3/t24-,25-,28+/m1/s1. The molecule has 1 saturated carbocycles. The van der Waals surface area contributed by atoms with E-state index in [-0.39, 0.29) is 29.2 Å². The number of halogens is 2. The number of rotatable bonds is 8. The number of carbonyl (C=O) groups excluding carboxylic acids is 1. The van der Waals surface area contributed by atoms with Crippen molar-refractivity contribution in [2.75, 3.05) is 4.90 Å². The van der Waals surface area contributed by atoms with Crippen molar-refractivity contribution >= 4 is 33.2 Å². The van der Waals surface area contributed by atoms with Gasteiger partial charge in [0, 0.05) is 42.1 Å². The van der Waals surface area contributed by atoms with Gasteiger partial charge in [0.1, 0.15) is 16.5 Å². The zero-order chi connectivity index (χ0) is 28.7. The summed E-state index contributed by atoms with van der Waals surface area (Å²) in [7, 11) is -2.22. The second kappa shape index (κ2) is 11.0. The van der Waals surface area contributed by atoms with Gasteiger partial charge in [-0.05, 0) is 78.6 Å². The molecule has 0 bridgehead atoms. The summed E-state index contributed by atoms with van der Waals surface area (Å²) in [6.07, 6.45) is 6.38. The Kier molecular flexibility index (Phi) is 7.44. The summed E-state index contributed by atoms with van der Waals surface area (Å²) in [5.41, 5.74) is 3.44. The van der Waals surface area contributed by atoms with Gasteiger partial charge in [0.25, 0.3) is 0 Å². The SMILES string of the molecule is Cn1ccnc1CN(C(=O)[C@@H]1C[C@@H]1c1ccccc1Cl)c1ccc2c(c1)[C@@H](NS(=O)(=O)c1ccccc1F)CCC2. The molecule has 2 aliphatic rings. The second-order valence-electron chi connectivity index (χ2n) is 10.7. The Balaban J connectivity index is 1.33. The Bertz CT molecular complexity index is 1720. The predicted molar refractivity (Wildman–Crippen MR) is 156 cm³/mol. The van der Waals surface area contributed by atoms with Crippen LogP contribution in [0.4, 0.5) is 10.1 Å². The summed E-state index contributed by atoms with van der Waals surface area (Å²) in [5.74, 6) is -0.284. The van der Waals surface area contributed by atoms with Crippen molar-refractivity contribution in [3.63, 3.8) is 0 Å². The molecular weight excluding hydrogens is 563 g/mol. The monoisotopic (exact) mass is 592 g/mol. The fourth-order valence-electron chi connectivity index (χ4n) is 5.76. The summed E-state index contributed by atoms with van der Waals surface area (Å²) in [6.45, 7) is 0.262. The number of nitrogens with zero attached hydrogens (tertiary/aromatic N) is 3. The van der Waals surface area contributed by atoms with Gasteiger partial charge < -0.3 is 9.47 Å². The molecule has 1 amide bonds. The van der Waals surface area contributed by atoms with E-state index in [0.29, 0.717) is 23.6 Å². The first kappa shape index (κ1) is 27.6. The maximum absolute atomic E-state index is 14.4. The van der Waals surface area contributed by atoms with Gasteiger partial charge in [0.2, 0.25) is 15.9 Å². The zero-order valence-corrected chi connectivity index (χ0v) is 24.1. The molecule has 3 atom stereocenters. The van der Waals surface area contributed by atoms with Crippen LogP contribution < -0.4 is 9.62 Å². The third kappa shape index (κ3) is 5.54. The minimum atomic E-state index is -4.11. The molecule has 4 aromatic rings. The first-order valence-corrected chi connectivity index (χ1v) is 15.5. The number of aryl methyl sites for hydroxylation is 2. The van der Waals surface area contributed by atoms with Crippen molar-refractivity contribution in [2.45, 2.75) is 49.1 Å². The lowest BCUT2D eigenvalue weighted by Gasteiger charge is -2.29. The molecular formula is C31H30ClFN4O3S. The maximum atomic E-state index is 14.4. The van der Waals surface area contributed by atoms with Crippen LogP contribution in [-0.4, -0.2) is 23.9 Å². The molecule has 212 valence electrons. The quantitative estimate of drug-likeness (QED) is 0.276. The van der Waals surface area contributed by atoms with E-state index in [1.54, 1.807) is 11.1 Å². The first-order chi connectivity index (χ1) is 19.7. The number of anilines is 1. The van der Waals surface area contributed by atoms with E-state index in [4.69, 9.17) is 11.6 Å². The van der Waals surface area contributed by atoms with E-state index in [1.165, 1.54) is 18.2 Å². The number of imidazole rings is 1. The highest BCUT2D eigenvalue weighted by Crippen LogP contribution is 2.51. The number of nitrogens with one attached hydrogen (secondary N) is 1. The number of carbonyl (C=O) groups is 1. The molecule has 0 radical (unpaired) electrons. The number of hydrogen-bond acceptors (Lipinski definition) is 4. The van der Waals surface area contributed by atoms with Gasteiger partial charge in [-0.15, -0.1) is 0 Å². The minimum absolute atomic E-state index is 0.0304. The van der Waals surface area contributed by atoms with Crippen LogP contribution in [0.2, 0.25) is 5.02 Å². The highest BCUT2D eigenvalue weighted by atomic mass is 35.5. The van der Waals surface area contributed by atoms with E-state index < -0.39 is 21.9 Å². The predicted octanol–water partition coefficient (Wildman–Crippen LogP) is 5.91. The molecule has 3 aromatic carbocycles. The van der Waals surface area contributed by atoms with Crippen LogP contribution in [0.5, 0.6) is 0 Å². The van der Waals surface area contributed by atoms with Crippen LogP contribution in [0, 0.1) is 11.7 Å². The molecule has 0 aliphatic heterocycles. The smallest absolute Gasteiger partial charge is 0.244 e. The average molecular weight is 593 g/mol. The Hall–Kier alpha value is -3.53. The molecule has 0 saturated heterocycles. The number of hydrogen-bond donors (Lipinski definition) is 1. The Labute approximate surface area is 244 Å². The van der Waals surface area contributed by atoms with Gasteiger partial charge >= 0.3 is 0 Å². The number of fused-ring (bicyclic) bond motifs is 1. The number of aromatic nitrogens is 2. The van der Waals surface area contributed by atoms with Gasteiger partial charge in [-0.2, -0.15) is 0 Å². The fraction of sp³-hybridized carbons (Fsp3) is 0.290. The van der Waals surface area contributed by atoms with Gasteiger partial charge in [-0.1, -0.05) is 48.0 Å². The summed E-state index contributed by atoms with van der Waals surface area (Å²) in [4.78, 5) is 19.8. The van der Waals surface area contributed by atoms with E-state index in [0.717, 1.165) is 41.4 Å². The van der Waals surface area contributed by atoms with Crippen molar-refractivity contribution in [3.8, 4) is 0 Å². The van der Waals surface area contributed by atoms with Crippen LogP contribution in [0.1, 0.15) is 53.7 Å². The van der Waals surface area contributed by atoms with Crippen LogP contribution in [0.25, 0.3) is 0 Å². The molecule has 1 aromatic heterocycles. The highest BCUT2D eigenvalue weighted by molar-refractivity contribution is 7.89. The van der Waals surface area contributed by atoms with Gasteiger partial charge in [0.15, 0.2) is 0 Å². The first-order valence-electron chi connectivity index (χ1n) is 13.6. The normalized spacial score (nSPS) is 19.9. The number of amides is 1. The lowest BCUT2D eigenvalue weighted by molar-refractivity contribution is -0.120. The van der Waals surface area contributed by atoms with Crippen LogP contribution >= 0.6 is 11.6 Å². The van der Waals surface area contributed by atoms with Crippen LogP contribution in [-0.2, 0) is 34.8 Å². The van der Waals surface area contributed by atoms with Crippen molar-refractivity contribution in [3.05, 3.63) is 112 Å². The lowest BCUT2D eigenvalue weighted by Crippen LogP contribution is -2.34. The summed E-state index contributed by atoms with van der Waals surface area (Å²) < 4.78 is 45.3. The van der Waals surface area contributed by atoms with Gasteiger partial charge in [-0.25, -0.2) is 22.5 Å². The third-order valence-electron chi connectivity index (χ3n) is 8.08. The van der Waals surface area contributed by atoms with E-state index in [9.17, 15) is 17.6 Å². The van der Waals surface area contributed by atoms with E-state index in [2.05, 4.69) is 9.71 Å². The Morgan fingerprint density at radius 1 is 1.12 bits per heavy atom. The maximum Gasteiger partial charge on any atom is 0.244 e. The number of benzene rings is 3. The Morgan fingerprint density at radius 2 is 1.90 bits per heavy atom. The summed E-state index contributed by atoms with van der Waals surface area (Å²) >= 11 is 6.45. The zero-order valence-electron chi connectivity index (χ0n) is 22.5. The molecule has 41 heavy (non-hydrogen) atoms. The fourth-order valence-corrected chi connectivity index (χ4v) is 7.37. The molecule has 6 rings (SSSR count). The van der Waals surface area contributed by atoms with Crippen LogP contribution in [0.15, 0.2) is 84.0 Å². The topological polar surface area (TPSA) is 84.3 Å². The Morgan fingerprint density at radius 3 is 2.66 bits per heavy atom. The molecule has 1 heterocycles. The second-order valence-corrected chi connectivity index (χ2v) is 12.8. The molecule has 7 nitrogen and oxygen atoms in total. The summed E-state index contributed by atoms with van der Waals surface area (Å²) in [6, 6.07) is 18.2. The molecule has 1 N–H and O–H groups in total. The number of sulfonamides is 1.